The molecule has 0 bridgehead atoms. The van der Waals surface area contributed by atoms with Crippen LogP contribution in [0.1, 0.15) is 0 Å². The molecule has 1 N–H and O–H groups in total. The van der Waals surface area contributed by atoms with Crippen molar-refractivity contribution in [3.05, 3.63) is 0 Å². The first-order valence-corrected chi connectivity index (χ1v) is 3.30. The Balaban J connectivity index is 2.77. The molecule has 1 rings (SSSR count). The monoisotopic (exact) mass is 160 g/mol. The zero-order valence-electron chi connectivity index (χ0n) is 6.81. The third-order valence-corrected chi connectivity index (χ3v) is 1.88. The predicted molar refractivity (Wildman–Crippen MR) is 37.7 cm³/mol. The van der Waals surface area contributed by atoms with E-state index in [1.54, 1.807) is 7.05 Å². The van der Waals surface area contributed by atoms with Crippen LogP contribution in [0.15, 0.2) is 0 Å². The number of aliphatic hydroxyl groups is 1. The Morgan fingerprint density at radius 1 is 1.45 bits per heavy atom. The number of aliphatic hydroxyl groups excluding tert-OH is 1. The van der Waals surface area contributed by atoms with E-state index in [4.69, 9.17) is 4.74 Å². The van der Waals surface area contributed by atoms with E-state index in [-0.39, 0.29) is 6.03 Å². The second kappa shape index (κ2) is 2.67. The first-order valence-electron chi connectivity index (χ1n) is 3.30. The highest BCUT2D eigenvalue weighted by Crippen LogP contribution is 2.17. The summed E-state index contributed by atoms with van der Waals surface area (Å²) in [4.78, 5) is 13.7. The molecule has 0 aliphatic carbocycles. The second-order valence-electron chi connectivity index (χ2n) is 2.54. The Morgan fingerprint density at radius 3 is 2.18 bits per heavy atom. The first kappa shape index (κ1) is 8.29. The summed E-state index contributed by atoms with van der Waals surface area (Å²) in [6.45, 7) is 0. The average molecular weight is 160 g/mol. The van der Waals surface area contributed by atoms with Crippen LogP contribution in [-0.2, 0) is 4.74 Å². The highest BCUT2D eigenvalue weighted by atomic mass is 16.5. The summed E-state index contributed by atoms with van der Waals surface area (Å²) in [6, 6.07) is -0.232. The summed E-state index contributed by atoms with van der Waals surface area (Å²) in [5.74, 6) is 0. The van der Waals surface area contributed by atoms with Gasteiger partial charge >= 0.3 is 6.03 Å². The van der Waals surface area contributed by atoms with Crippen molar-refractivity contribution in [2.75, 3.05) is 21.2 Å². The van der Waals surface area contributed by atoms with E-state index >= 15 is 0 Å². The number of rotatable bonds is 1. The largest absolute Gasteiger partial charge is 0.369 e. The van der Waals surface area contributed by atoms with Crippen LogP contribution in [0.2, 0.25) is 0 Å². The van der Waals surface area contributed by atoms with Crippen molar-refractivity contribution in [3.63, 3.8) is 0 Å². The van der Waals surface area contributed by atoms with Gasteiger partial charge in [-0.25, -0.2) is 4.79 Å². The molecule has 0 saturated carbocycles. The Bertz CT molecular complexity index is 173. The van der Waals surface area contributed by atoms with Crippen molar-refractivity contribution in [2.24, 2.45) is 0 Å². The fourth-order valence-electron chi connectivity index (χ4n) is 1.14. The molecule has 2 atom stereocenters. The van der Waals surface area contributed by atoms with Gasteiger partial charge in [-0.15, -0.1) is 0 Å². The molecule has 1 aliphatic heterocycles. The summed E-state index contributed by atoms with van der Waals surface area (Å²) in [7, 11) is 4.57. The molecule has 2 amide bonds. The van der Waals surface area contributed by atoms with Crippen molar-refractivity contribution in [2.45, 2.75) is 12.5 Å². The predicted octanol–water partition coefficient (Wildman–Crippen LogP) is -0.725. The first-order chi connectivity index (χ1) is 5.09. The molecule has 0 aromatic rings. The Labute approximate surface area is 65.1 Å². The molecular formula is C6H12N2O3. The topological polar surface area (TPSA) is 53.0 Å². The quantitative estimate of drug-likeness (QED) is 0.550. The SMILES string of the molecule is COC1C(O)N(C)C(=O)N1C. The van der Waals surface area contributed by atoms with Gasteiger partial charge in [-0.05, 0) is 0 Å². The Kier molecular flexibility index (Phi) is 2.01. The number of hydrogen-bond donors (Lipinski definition) is 1. The van der Waals surface area contributed by atoms with Gasteiger partial charge in [0.15, 0.2) is 12.5 Å². The molecule has 64 valence electrons. The molecule has 1 heterocycles. The minimum absolute atomic E-state index is 0.232. The molecule has 5 nitrogen and oxygen atoms in total. The fourth-order valence-corrected chi connectivity index (χ4v) is 1.14. The number of nitrogens with zero attached hydrogens (tertiary/aromatic N) is 2. The number of urea groups is 1. The summed E-state index contributed by atoms with van der Waals surface area (Å²) in [5, 5.41) is 9.34. The molecule has 2 unspecified atom stereocenters. The number of carbonyl (C=O) groups excluding carboxylic acids is 1. The number of methoxy groups -OCH3 is 1. The number of ether oxygens (including phenoxy) is 1. The van der Waals surface area contributed by atoms with Crippen molar-refractivity contribution in [1.29, 1.82) is 0 Å². The van der Waals surface area contributed by atoms with Crippen LogP contribution in [0.5, 0.6) is 0 Å². The van der Waals surface area contributed by atoms with Crippen LogP contribution in [0.25, 0.3) is 0 Å². The molecule has 0 spiro atoms. The van der Waals surface area contributed by atoms with Gasteiger partial charge < -0.3 is 9.84 Å². The highest BCUT2D eigenvalue weighted by molar-refractivity contribution is 5.76. The lowest BCUT2D eigenvalue weighted by Crippen LogP contribution is -2.36. The smallest absolute Gasteiger partial charge is 0.323 e. The van der Waals surface area contributed by atoms with Crippen LogP contribution in [0.3, 0.4) is 0 Å². The zero-order chi connectivity index (χ0) is 8.59. The normalized spacial score (nSPS) is 31.8. The Morgan fingerprint density at radius 2 is 2.00 bits per heavy atom. The minimum atomic E-state index is -0.863. The minimum Gasteiger partial charge on any atom is -0.369 e. The summed E-state index contributed by atoms with van der Waals surface area (Å²) in [5.41, 5.74) is 0. The van der Waals surface area contributed by atoms with E-state index in [9.17, 15) is 9.90 Å². The number of carbonyl (C=O) groups is 1. The maximum absolute atomic E-state index is 11.1. The van der Waals surface area contributed by atoms with Crippen molar-refractivity contribution in [3.8, 4) is 0 Å². The molecule has 0 aromatic heterocycles. The molecule has 0 aromatic carbocycles. The van der Waals surface area contributed by atoms with E-state index in [0.29, 0.717) is 0 Å². The van der Waals surface area contributed by atoms with Gasteiger partial charge in [0.2, 0.25) is 0 Å². The lowest BCUT2D eigenvalue weighted by molar-refractivity contribution is -0.0787. The van der Waals surface area contributed by atoms with Crippen molar-refractivity contribution >= 4 is 6.03 Å². The third-order valence-electron chi connectivity index (χ3n) is 1.88. The van der Waals surface area contributed by atoms with Crippen LogP contribution < -0.4 is 0 Å². The third kappa shape index (κ3) is 1.06. The zero-order valence-corrected chi connectivity index (χ0v) is 6.81. The molecule has 1 aliphatic rings. The molecule has 5 heteroatoms. The number of amides is 2. The fraction of sp³-hybridized carbons (Fsp3) is 0.833. The molecule has 1 saturated heterocycles. The molecular weight excluding hydrogens is 148 g/mol. The van der Waals surface area contributed by atoms with Gasteiger partial charge in [0.25, 0.3) is 0 Å². The van der Waals surface area contributed by atoms with Gasteiger partial charge in [0, 0.05) is 21.2 Å². The van der Waals surface area contributed by atoms with Crippen LogP contribution in [-0.4, -0.2) is 54.6 Å². The molecule has 1 fully saturated rings. The van der Waals surface area contributed by atoms with Gasteiger partial charge in [-0.1, -0.05) is 0 Å². The van der Waals surface area contributed by atoms with Gasteiger partial charge in [-0.3, -0.25) is 9.80 Å². The van der Waals surface area contributed by atoms with Crippen molar-refractivity contribution in [1.82, 2.24) is 9.80 Å². The number of hydrogen-bond acceptors (Lipinski definition) is 3. The standard InChI is InChI=1S/C6H12N2O3/c1-7-4(9)5(11-3)8(2)6(7)10/h4-5,9H,1-3H3. The van der Waals surface area contributed by atoms with Gasteiger partial charge in [0.05, 0.1) is 0 Å². The van der Waals surface area contributed by atoms with E-state index in [0.717, 1.165) is 0 Å². The molecule has 11 heavy (non-hydrogen) atoms. The van der Waals surface area contributed by atoms with Crippen molar-refractivity contribution < 1.29 is 14.6 Å². The van der Waals surface area contributed by atoms with E-state index in [1.165, 1.54) is 24.0 Å². The lowest BCUT2D eigenvalue weighted by Gasteiger charge is -2.18. The number of likely N-dealkylation sites (N-methyl/N-ethyl adjacent to an activating group) is 2. The summed E-state index contributed by atoms with van der Waals surface area (Å²) >= 11 is 0. The van der Waals surface area contributed by atoms with Crippen LogP contribution >= 0.6 is 0 Å². The second-order valence-corrected chi connectivity index (χ2v) is 2.54. The van der Waals surface area contributed by atoms with Gasteiger partial charge in [-0.2, -0.15) is 0 Å². The van der Waals surface area contributed by atoms with E-state index < -0.39 is 12.5 Å². The summed E-state index contributed by atoms with van der Waals surface area (Å²) < 4.78 is 4.89. The van der Waals surface area contributed by atoms with Crippen LogP contribution in [0, 0.1) is 0 Å². The van der Waals surface area contributed by atoms with Crippen LogP contribution in [0.4, 0.5) is 4.79 Å². The lowest BCUT2D eigenvalue weighted by atomic mass is 10.5. The highest BCUT2D eigenvalue weighted by Gasteiger charge is 2.40. The maximum atomic E-state index is 11.1. The average Bonchev–Trinajstić information content (AvgIpc) is 2.17. The van der Waals surface area contributed by atoms with Gasteiger partial charge in [0.1, 0.15) is 0 Å². The maximum Gasteiger partial charge on any atom is 0.323 e. The Hall–Kier alpha value is -0.810. The van der Waals surface area contributed by atoms with E-state index in [2.05, 4.69) is 0 Å². The summed E-state index contributed by atoms with van der Waals surface area (Å²) in [6.07, 6.45) is -1.41. The molecule has 0 radical (unpaired) electrons. The van der Waals surface area contributed by atoms with E-state index in [1.807, 2.05) is 0 Å².